The molecule has 2 atom stereocenters. The summed E-state index contributed by atoms with van der Waals surface area (Å²) < 4.78 is 0. The SMILES string of the molecule is CCNC(=O)C(C)NC(=O)C(C#N)c1ccccc1. The lowest BCUT2D eigenvalue weighted by atomic mass is 9.99. The Kier molecular flexibility index (Phi) is 5.55. The second kappa shape index (κ2) is 7.17. The number of nitrogens with zero attached hydrogens (tertiary/aromatic N) is 1. The van der Waals surface area contributed by atoms with Crippen LogP contribution in [0.25, 0.3) is 0 Å². The molecule has 0 spiro atoms. The molecule has 19 heavy (non-hydrogen) atoms. The van der Waals surface area contributed by atoms with Crippen molar-refractivity contribution in [2.75, 3.05) is 6.54 Å². The number of nitrogens with one attached hydrogen (secondary N) is 2. The van der Waals surface area contributed by atoms with Gasteiger partial charge in [-0.1, -0.05) is 30.3 Å². The molecule has 0 radical (unpaired) electrons. The van der Waals surface area contributed by atoms with Crippen LogP contribution in [0.3, 0.4) is 0 Å². The Bertz CT molecular complexity index is 479. The molecule has 0 saturated carbocycles. The summed E-state index contributed by atoms with van der Waals surface area (Å²) in [5.74, 6) is -1.63. The van der Waals surface area contributed by atoms with Crippen molar-refractivity contribution in [3.8, 4) is 6.07 Å². The van der Waals surface area contributed by atoms with E-state index >= 15 is 0 Å². The Hall–Kier alpha value is -2.35. The molecule has 0 aliphatic rings. The number of likely N-dealkylation sites (N-methyl/N-ethyl adjacent to an activating group) is 1. The molecule has 0 aliphatic carbocycles. The maximum atomic E-state index is 12.0. The van der Waals surface area contributed by atoms with Gasteiger partial charge in [0.15, 0.2) is 0 Å². The minimum atomic E-state index is -0.905. The number of carbonyl (C=O) groups is 2. The van der Waals surface area contributed by atoms with Crippen LogP contribution in [-0.4, -0.2) is 24.4 Å². The number of nitriles is 1. The van der Waals surface area contributed by atoms with Gasteiger partial charge in [0.05, 0.1) is 6.07 Å². The maximum Gasteiger partial charge on any atom is 0.242 e. The summed E-state index contributed by atoms with van der Waals surface area (Å²) in [6.07, 6.45) is 0. The second-order valence-corrected chi connectivity index (χ2v) is 4.10. The van der Waals surface area contributed by atoms with Crippen LogP contribution in [-0.2, 0) is 9.59 Å². The Balaban J connectivity index is 2.71. The predicted molar refractivity (Wildman–Crippen MR) is 71.1 cm³/mol. The van der Waals surface area contributed by atoms with Crippen LogP contribution < -0.4 is 10.6 Å². The van der Waals surface area contributed by atoms with Gasteiger partial charge in [0, 0.05) is 6.54 Å². The van der Waals surface area contributed by atoms with Crippen molar-refractivity contribution in [1.82, 2.24) is 10.6 Å². The molecule has 2 amide bonds. The normalized spacial score (nSPS) is 12.9. The average molecular weight is 259 g/mol. The van der Waals surface area contributed by atoms with Crippen LogP contribution in [0.5, 0.6) is 0 Å². The maximum absolute atomic E-state index is 12.0. The Labute approximate surface area is 112 Å². The van der Waals surface area contributed by atoms with Crippen LogP contribution in [0.2, 0.25) is 0 Å². The number of hydrogen-bond donors (Lipinski definition) is 2. The summed E-state index contributed by atoms with van der Waals surface area (Å²) >= 11 is 0. The number of rotatable bonds is 5. The zero-order chi connectivity index (χ0) is 14.3. The van der Waals surface area contributed by atoms with Gasteiger partial charge in [-0.3, -0.25) is 9.59 Å². The smallest absolute Gasteiger partial charge is 0.242 e. The zero-order valence-electron chi connectivity index (χ0n) is 11.0. The highest BCUT2D eigenvalue weighted by Gasteiger charge is 2.23. The van der Waals surface area contributed by atoms with E-state index in [4.69, 9.17) is 5.26 Å². The van der Waals surface area contributed by atoms with E-state index in [1.54, 1.807) is 38.1 Å². The Morgan fingerprint density at radius 1 is 1.26 bits per heavy atom. The monoisotopic (exact) mass is 259 g/mol. The van der Waals surface area contributed by atoms with Crippen molar-refractivity contribution >= 4 is 11.8 Å². The molecular formula is C14H17N3O2. The van der Waals surface area contributed by atoms with E-state index in [1.165, 1.54) is 0 Å². The molecule has 0 fully saturated rings. The summed E-state index contributed by atoms with van der Waals surface area (Å²) in [5.41, 5.74) is 0.616. The van der Waals surface area contributed by atoms with Gasteiger partial charge in [-0.15, -0.1) is 0 Å². The van der Waals surface area contributed by atoms with Gasteiger partial charge >= 0.3 is 0 Å². The van der Waals surface area contributed by atoms with Crippen molar-refractivity contribution in [2.24, 2.45) is 0 Å². The third-order valence-electron chi connectivity index (χ3n) is 2.63. The van der Waals surface area contributed by atoms with Crippen LogP contribution in [0.1, 0.15) is 25.3 Å². The fourth-order valence-electron chi connectivity index (χ4n) is 1.62. The molecule has 0 bridgehead atoms. The lowest BCUT2D eigenvalue weighted by Gasteiger charge is -2.15. The first-order valence-electron chi connectivity index (χ1n) is 6.12. The van der Waals surface area contributed by atoms with E-state index in [1.807, 2.05) is 12.1 Å². The first-order chi connectivity index (χ1) is 9.10. The minimum Gasteiger partial charge on any atom is -0.355 e. The van der Waals surface area contributed by atoms with Gasteiger partial charge in [0.2, 0.25) is 11.8 Å². The van der Waals surface area contributed by atoms with E-state index in [-0.39, 0.29) is 5.91 Å². The Morgan fingerprint density at radius 2 is 1.89 bits per heavy atom. The lowest BCUT2D eigenvalue weighted by molar-refractivity contribution is -0.128. The third kappa shape index (κ3) is 4.11. The minimum absolute atomic E-state index is 0.263. The number of benzene rings is 1. The van der Waals surface area contributed by atoms with E-state index in [2.05, 4.69) is 10.6 Å². The van der Waals surface area contributed by atoms with Gasteiger partial charge in [-0.2, -0.15) is 5.26 Å². The average Bonchev–Trinajstić information content (AvgIpc) is 2.41. The fourth-order valence-corrected chi connectivity index (χ4v) is 1.62. The standard InChI is InChI=1S/C14H17N3O2/c1-3-16-13(18)10(2)17-14(19)12(9-15)11-7-5-4-6-8-11/h4-8,10,12H,3H2,1-2H3,(H,16,18)(H,17,19). The van der Waals surface area contributed by atoms with Crippen LogP contribution in [0, 0.1) is 11.3 Å². The largest absolute Gasteiger partial charge is 0.355 e. The Morgan fingerprint density at radius 3 is 2.42 bits per heavy atom. The van der Waals surface area contributed by atoms with Crippen molar-refractivity contribution in [3.05, 3.63) is 35.9 Å². The quantitative estimate of drug-likeness (QED) is 0.825. The van der Waals surface area contributed by atoms with Gasteiger partial charge < -0.3 is 10.6 Å². The van der Waals surface area contributed by atoms with Gasteiger partial charge in [0.25, 0.3) is 0 Å². The number of carbonyl (C=O) groups excluding carboxylic acids is 2. The van der Waals surface area contributed by atoms with Crippen LogP contribution in [0.4, 0.5) is 0 Å². The predicted octanol–water partition coefficient (Wildman–Crippen LogP) is 0.935. The molecular weight excluding hydrogens is 242 g/mol. The van der Waals surface area contributed by atoms with E-state index in [0.29, 0.717) is 12.1 Å². The van der Waals surface area contributed by atoms with Crippen LogP contribution in [0.15, 0.2) is 30.3 Å². The highest BCUT2D eigenvalue weighted by Crippen LogP contribution is 2.14. The molecule has 0 aromatic heterocycles. The molecule has 1 aromatic carbocycles. The van der Waals surface area contributed by atoms with E-state index in [0.717, 1.165) is 0 Å². The first kappa shape index (κ1) is 14.7. The van der Waals surface area contributed by atoms with E-state index < -0.39 is 17.9 Å². The first-order valence-corrected chi connectivity index (χ1v) is 6.12. The summed E-state index contributed by atoms with van der Waals surface area (Å²) in [6.45, 7) is 3.89. The summed E-state index contributed by atoms with van der Waals surface area (Å²) in [4.78, 5) is 23.5. The zero-order valence-corrected chi connectivity index (χ0v) is 11.0. The van der Waals surface area contributed by atoms with Gasteiger partial charge in [-0.25, -0.2) is 0 Å². The van der Waals surface area contributed by atoms with Crippen molar-refractivity contribution in [3.63, 3.8) is 0 Å². The highest BCUT2D eigenvalue weighted by atomic mass is 16.2. The molecule has 2 unspecified atom stereocenters. The summed E-state index contributed by atoms with van der Waals surface area (Å²) in [5, 5.41) is 14.2. The molecule has 0 aliphatic heterocycles. The molecule has 2 N–H and O–H groups in total. The second-order valence-electron chi connectivity index (χ2n) is 4.10. The third-order valence-corrected chi connectivity index (χ3v) is 2.63. The topological polar surface area (TPSA) is 82.0 Å². The fraction of sp³-hybridized carbons (Fsp3) is 0.357. The van der Waals surface area contributed by atoms with E-state index in [9.17, 15) is 9.59 Å². The molecule has 5 heteroatoms. The molecule has 1 aromatic rings. The molecule has 100 valence electrons. The lowest BCUT2D eigenvalue weighted by Crippen LogP contribution is -2.46. The highest BCUT2D eigenvalue weighted by molar-refractivity contribution is 5.91. The number of hydrogen-bond acceptors (Lipinski definition) is 3. The number of amides is 2. The summed E-state index contributed by atoms with van der Waals surface area (Å²) in [7, 11) is 0. The summed E-state index contributed by atoms with van der Waals surface area (Å²) in [6, 6.07) is 10.1. The van der Waals surface area contributed by atoms with Crippen LogP contribution >= 0.6 is 0 Å². The molecule has 5 nitrogen and oxygen atoms in total. The van der Waals surface area contributed by atoms with Crippen molar-refractivity contribution in [2.45, 2.75) is 25.8 Å². The molecule has 1 rings (SSSR count). The molecule has 0 saturated heterocycles. The van der Waals surface area contributed by atoms with Gasteiger partial charge in [0.1, 0.15) is 12.0 Å². The molecule has 0 heterocycles. The van der Waals surface area contributed by atoms with Crippen molar-refractivity contribution < 1.29 is 9.59 Å². The van der Waals surface area contributed by atoms with Crippen molar-refractivity contribution in [1.29, 1.82) is 5.26 Å². The van der Waals surface area contributed by atoms with Gasteiger partial charge in [-0.05, 0) is 19.4 Å².